The maximum absolute atomic E-state index is 13.1. The van der Waals surface area contributed by atoms with Crippen LogP contribution in [0.15, 0.2) is 75.1 Å². The minimum Gasteiger partial charge on any atom is -0.468 e. The van der Waals surface area contributed by atoms with Crippen molar-refractivity contribution in [3.63, 3.8) is 0 Å². The van der Waals surface area contributed by atoms with Gasteiger partial charge < -0.3 is 9.32 Å². The SMILES string of the molecule is Cc1ccc(S(=O)(=O)N2CCN(C(=O)c3ccc(Cl)c(S(=O)(=O)NCc4ccco4)c3)CC2)cc1. The summed E-state index contributed by atoms with van der Waals surface area (Å²) in [4.78, 5) is 14.6. The van der Waals surface area contributed by atoms with Gasteiger partial charge >= 0.3 is 0 Å². The highest BCUT2D eigenvalue weighted by molar-refractivity contribution is 7.89. The summed E-state index contributed by atoms with van der Waals surface area (Å²) in [6.45, 7) is 2.41. The lowest BCUT2D eigenvalue weighted by Gasteiger charge is -2.34. The molecule has 1 fully saturated rings. The molecule has 1 aromatic heterocycles. The van der Waals surface area contributed by atoms with Gasteiger partial charge in [-0.25, -0.2) is 21.6 Å². The van der Waals surface area contributed by atoms with Crippen LogP contribution in [0.4, 0.5) is 0 Å². The van der Waals surface area contributed by atoms with Crippen molar-refractivity contribution in [3.8, 4) is 0 Å². The van der Waals surface area contributed by atoms with Gasteiger partial charge in [-0.2, -0.15) is 4.31 Å². The Morgan fingerprint density at radius 2 is 1.69 bits per heavy atom. The average molecular weight is 538 g/mol. The predicted octanol–water partition coefficient (Wildman–Crippen LogP) is 2.87. The van der Waals surface area contributed by atoms with Gasteiger partial charge in [0, 0.05) is 31.7 Å². The van der Waals surface area contributed by atoms with Gasteiger partial charge in [-0.3, -0.25) is 4.79 Å². The van der Waals surface area contributed by atoms with Crippen molar-refractivity contribution >= 4 is 37.6 Å². The van der Waals surface area contributed by atoms with Crippen LogP contribution in [0.3, 0.4) is 0 Å². The van der Waals surface area contributed by atoms with E-state index in [0.29, 0.717) is 5.76 Å². The summed E-state index contributed by atoms with van der Waals surface area (Å²) in [7, 11) is -7.68. The molecule has 9 nitrogen and oxygen atoms in total. The third kappa shape index (κ3) is 5.60. The monoisotopic (exact) mass is 537 g/mol. The van der Waals surface area contributed by atoms with Crippen LogP contribution in [0.5, 0.6) is 0 Å². The van der Waals surface area contributed by atoms with Gasteiger partial charge in [0.05, 0.1) is 22.7 Å². The first kappa shape index (κ1) is 25.4. The Balaban J connectivity index is 1.45. The second-order valence-corrected chi connectivity index (χ2v) is 12.1. The zero-order chi connectivity index (χ0) is 25.2. The van der Waals surface area contributed by atoms with Gasteiger partial charge in [0.1, 0.15) is 10.7 Å². The van der Waals surface area contributed by atoms with E-state index in [1.54, 1.807) is 36.4 Å². The number of furan rings is 1. The lowest BCUT2D eigenvalue weighted by molar-refractivity contribution is 0.0697. The van der Waals surface area contributed by atoms with Crippen molar-refractivity contribution < 1.29 is 26.0 Å². The number of sulfonamides is 2. The van der Waals surface area contributed by atoms with E-state index in [0.717, 1.165) is 5.56 Å². The molecule has 1 saturated heterocycles. The summed E-state index contributed by atoms with van der Waals surface area (Å²) in [6.07, 6.45) is 1.43. The molecule has 0 saturated carbocycles. The molecule has 3 aromatic rings. The number of benzene rings is 2. The van der Waals surface area contributed by atoms with E-state index in [-0.39, 0.29) is 53.1 Å². The summed E-state index contributed by atoms with van der Waals surface area (Å²) >= 11 is 6.13. The van der Waals surface area contributed by atoms with Gasteiger partial charge in [-0.15, -0.1) is 0 Å². The number of carbonyl (C=O) groups is 1. The number of halogens is 1. The molecule has 0 atom stereocenters. The fourth-order valence-electron chi connectivity index (χ4n) is 3.67. The van der Waals surface area contributed by atoms with Gasteiger partial charge in [-0.1, -0.05) is 29.3 Å². The molecule has 4 rings (SSSR count). The van der Waals surface area contributed by atoms with Crippen LogP contribution >= 0.6 is 11.6 Å². The molecule has 1 amide bonds. The number of carbonyl (C=O) groups excluding carboxylic acids is 1. The van der Waals surface area contributed by atoms with Gasteiger partial charge in [-0.05, 0) is 49.4 Å². The number of piperazine rings is 1. The third-order valence-corrected chi connectivity index (χ3v) is 9.46. The highest BCUT2D eigenvalue weighted by Gasteiger charge is 2.31. The zero-order valence-electron chi connectivity index (χ0n) is 18.8. The maximum atomic E-state index is 13.1. The smallest absolute Gasteiger partial charge is 0.253 e. The number of amides is 1. The minimum absolute atomic E-state index is 0.0255. The van der Waals surface area contributed by atoms with Crippen LogP contribution in [0.25, 0.3) is 0 Å². The van der Waals surface area contributed by atoms with E-state index in [9.17, 15) is 21.6 Å². The van der Waals surface area contributed by atoms with E-state index in [2.05, 4.69) is 4.72 Å². The molecule has 0 radical (unpaired) electrons. The molecular weight excluding hydrogens is 514 g/mol. The Kier molecular flexibility index (Phi) is 7.34. The van der Waals surface area contributed by atoms with E-state index < -0.39 is 26.0 Å². The highest BCUT2D eigenvalue weighted by Crippen LogP contribution is 2.25. The molecule has 35 heavy (non-hydrogen) atoms. The number of hydrogen-bond donors (Lipinski definition) is 1. The van der Waals surface area contributed by atoms with Gasteiger partial charge in [0.2, 0.25) is 20.0 Å². The average Bonchev–Trinajstić information content (AvgIpc) is 3.37. The molecule has 0 spiro atoms. The van der Waals surface area contributed by atoms with Crippen LogP contribution in [0.2, 0.25) is 5.02 Å². The number of nitrogens with zero attached hydrogens (tertiary/aromatic N) is 2. The summed E-state index contributed by atoms with van der Waals surface area (Å²) in [6, 6.07) is 13.9. The van der Waals surface area contributed by atoms with Gasteiger partial charge in [0.25, 0.3) is 5.91 Å². The minimum atomic E-state index is -4.02. The van der Waals surface area contributed by atoms with E-state index >= 15 is 0 Å². The molecule has 1 aliphatic heterocycles. The summed E-state index contributed by atoms with van der Waals surface area (Å²) in [5.41, 5.74) is 1.10. The zero-order valence-corrected chi connectivity index (χ0v) is 21.2. The number of nitrogens with one attached hydrogen (secondary N) is 1. The second kappa shape index (κ2) is 10.1. The van der Waals surface area contributed by atoms with Crippen LogP contribution < -0.4 is 4.72 Å². The fourth-order valence-corrected chi connectivity index (χ4v) is 6.61. The quantitative estimate of drug-likeness (QED) is 0.495. The molecule has 2 aromatic carbocycles. The van der Waals surface area contributed by atoms with Crippen molar-refractivity contribution in [1.82, 2.24) is 13.9 Å². The molecule has 2 heterocycles. The first-order valence-electron chi connectivity index (χ1n) is 10.8. The Bertz CT molecular complexity index is 1410. The first-order chi connectivity index (χ1) is 16.6. The van der Waals surface area contributed by atoms with Gasteiger partial charge in [0.15, 0.2) is 0 Å². The Hall–Kier alpha value is -2.70. The standard InChI is InChI=1S/C23H24ClN3O6S2/c1-17-4-7-20(8-5-17)35(31,32)27-12-10-26(11-13-27)23(28)18-6-9-21(24)22(15-18)34(29,30)25-16-19-3-2-14-33-19/h2-9,14-15,25H,10-13,16H2,1H3. The highest BCUT2D eigenvalue weighted by atomic mass is 35.5. The summed E-state index contributed by atoms with van der Waals surface area (Å²) in [5.74, 6) is 0.0203. The Morgan fingerprint density at radius 1 is 1.00 bits per heavy atom. The van der Waals surface area contributed by atoms with E-state index in [1.165, 1.54) is 33.7 Å². The third-order valence-electron chi connectivity index (χ3n) is 5.67. The normalized spacial score (nSPS) is 15.3. The molecule has 1 aliphatic rings. The number of hydrogen-bond acceptors (Lipinski definition) is 6. The molecule has 0 aliphatic carbocycles. The van der Waals surface area contributed by atoms with Crippen molar-refractivity contribution in [2.75, 3.05) is 26.2 Å². The topological polar surface area (TPSA) is 117 Å². The molecule has 186 valence electrons. The summed E-state index contributed by atoms with van der Waals surface area (Å²) < 4.78 is 60.3. The molecular formula is C23H24ClN3O6S2. The molecule has 0 bridgehead atoms. The largest absolute Gasteiger partial charge is 0.468 e. The Labute approximate surface area is 209 Å². The lowest BCUT2D eigenvalue weighted by atomic mass is 10.2. The van der Waals surface area contributed by atoms with Crippen LogP contribution in [-0.2, 0) is 26.6 Å². The van der Waals surface area contributed by atoms with E-state index in [4.69, 9.17) is 16.0 Å². The molecule has 12 heteroatoms. The van der Waals surface area contributed by atoms with Crippen molar-refractivity contribution in [2.24, 2.45) is 0 Å². The molecule has 0 unspecified atom stereocenters. The van der Waals surface area contributed by atoms with Crippen molar-refractivity contribution in [3.05, 3.63) is 82.8 Å². The first-order valence-corrected chi connectivity index (χ1v) is 14.1. The van der Waals surface area contributed by atoms with Crippen LogP contribution in [0, 0.1) is 6.92 Å². The van der Waals surface area contributed by atoms with Crippen molar-refractivity contribution in [1.29, 1.82) is 0 Å². The fraction of sp³-hybridized carbons (Fsp3) is 0.261. The Morgan fingerprint density at radius 3 is 2.31 bits per heavy atom. The van der Waals surface area contributed by atoms with Crippen LogP contribution in [-0.4, -0.2) is 58.1 Å². The van der Waals surface area contributed by atoms with Crippen molar-refractivity contribution in [2.45, 2.75) is 23.3 Å². The van der Waals surface area contributed by atoms with E-state index in [1.807, 2.05) is 6.92 Å². The number of rotatable bonds is 7. The summed E-state index contributed by atoms with van der Waals surface area (Å²) in [5, 5.41) is -0.0255. The lowest BCUT2D eigenvalue weighted by Crippen LogP contribution is -2.50. The maximum Gasteiger partial charge on any atom is 0.253 e. The predicted molar refractivity (Wildman–Crippen MR) is 130 cm³/mol. The molecule has 1 N–H and O–H groups in total. The number of aryl methyl sites for hydroxylation is 1. The second-order valence-electron chi connectivity index (χ2n) is 8.06. The van der Waals surface area contributed by atoms with Crippen LogP contribution in [0.1, 0.15) is 21.7 Å².